The van der Waals surface area contributed by atoms with Crippen LogP contribution < -0.4 is 4.90 Å². The molecule has 0 fully saturated rings. The third kappa shape index (κ3) is 13.3. The van der Waals surface area contributed by atoms with E-state index < -0.39 is 52.9 Å². The first-order chi connectivity index (χ1) is 29.2. The largest absolute Gasteiger partial charge is 0.744 e. The maximum absolute atomic E-state index is 12.3. The highest BCUT2D eigenvalue weighted by Crippen LogP contribution is 2.51. The van der Waals surface area contributed by atoms with Crippen molar-refractivity contribution in [2.24, 2.45) is 0 Å². The molecule has 0 aromatic heterocycles. The summed E-state index contributed by atoms with van der Waals surface area (Å²) in [7, 11) is -10.6. The van der Waals surface area contributed by atoms with Crippen molar-refractivity contribution in [1.82, 2.24) is 0 Å². The summed E-state index contributed by atoms with van der Waals surface area (Å²) in [5.74, 6) is -1.42. The van der Waals surface area contributed by atoms with Crippen LogP contribution in [0.5, 0.6) is 0 Å². The van der Waals surface area contributed by atoms with Gasteiger partial charge in [0.1, 0.15) is 16.7 Å². The number of fused-ring (bicyclic) bond motifs is 2. The number of allylic oxidation sites excluding steroid dienone is 6. The lowest BCUT2D eigenvalue weighted by molar-refractivity contribution is -0.442. The van der Waals surface area contributed by atoms with Crippen LogP contribution in [0.3, 0.4) is 0 Å². The van der Waals surface area contributed by atoms with E-state index >= 15 is 0 Å². The fraction of sp³-hybridized carbons (Fsp3) is 0.524. The Bertz CT molecular complexity index is 2360. The Hall–Kier alpha value is -3.83. The van der Waals surface area contributed by atoms with Crippen molar-refractivity contribution in [2.45, 2.75) is 79.4 Å². The van der Waals surface area contributed by atoms with Gasteiger partial charge in [0.15, 0.2) is 12.3 Å². The number of nitrogens with zero attached hydrogens (tertiary/aromatic N) is 2. The summed E-state index contributed by atoms with van der Waals surface area (Å²) < 4.78 is 128. The Kier molecular flexibility index (Phi) is 18.2. The second-order valence-electron chi connectivity index (χ2n) is 15.5. The van der Waals surface area contributed by atoms with Crippen molar-refractivity contribution in [3.8, 4) is 0 Å². The highest BCUT2D eigenvalue weighted by molar-refractivity contribution is 7.86. The van der Waals surface area contributed by atoms with Crippen LogP contribution in [0.25, 0.3) is 0 Å². The number of ether oxygens (including phenoxy) is 4. The van der Waals surface area contributed by atoms with Crippen LogP contribution in [0.15, 0.2) is 82.3 Å². The smallest absolute Gasteiger partial charge is 0.303 e. The quantitative estimate of drug-likeness (QED) is 0.0462. The van der Waals surface area contributed by atoms with Crippen molar-refractivity contribution in [3.63, 3.8) is 0 Å². The van der Waals surface area contributed by atoms with Gasteiger partial charge >= 0.3 is 5.97 Å². The van der Waals surface area contributed by atoms with Crippen LogP contribution >= 0.6 is 0 Å². The lowest BCUT2D eigenvalue weighted by Crippen LogP contribution is -2.32. The zero-order valence-electron chi connectivity index (χ0n) is 35.5. The van der Waals surface area contributed by atoms with E-state index in [1.165, 1.54) is 24.3 Å². The van der Waals surface area contributed by atoms with E-state index in [2.05, 4.69) is 0 Å². The zero-order chi connectivity index (χ0) is 45.8. The number of hydrogen-bond donors (Lipinski definition) is 3. The number of carboxylic acids is 1. The summed E-state index contributed by atoms with van der Waals surface area (Å²) in [5.41, 5.74) is 2.15. The Balaban J connectivity index is 1.77. The third-order valence-corrected chi connectivity index (χ3v) is 13.6. The molecule has 2 aromatic rings. The molecule has 0 saturated heterocycles. The molecule has 2 atom stereocenters. The van der Waals surface area contributed by atoms with Crippen molar-refractivity contribution in [3.05, 3.63) is 83.6 Å². The minimum Gasteiger partial charge on any atom is -0.744 e. The zero-order valence-corrected chi connectivity index (χ0v) is 38.0. The molecule has 2 aliphatic rings. The highest BCUT2D eigenvalue weighted by atomic mass is 32.2. The minimum atomic E-state index is -4.77. The molecule has 0 bridgehead atoms. The van der Waals surface area contributed by atoms with Gasteiger partial charge in [-0.1, -0.05) is 24.6 Å². The van der Waals surface area contributed by atoms with Gasteiger partial charge < -0.3 is 33.5 Å². The summed E-state index contributed by atoms with van der Waals surface area (Å²) in [6.07, 6.45) is 11.5. The Labute approximate surface area is 365 Å². The van der Waals surface area contributed by atoms with Gasteiger partial charge in [0.2, 0.25) is 5.69 Å². The second-order valence-corrected chi connectivity index (χ2v) is 19.9. The molecule has 62 heavy (non-hydrogen) atoms. The predicted molar refractivity (Wildman–Crippen MR) is 231 cm³/mol. The van der Waals surface area contributed by atoms with Crippen molar-refractivity contribution in [1.29, 1.82) is 0 Å². The summed E-state index contributed by atoms with van der Waals surface area (Å²) in [6, 6.07) is 8.54. The number of aliphatic carboxylic acids is 1. The fourth-order valence-electron chi connectivity index (χ4n) is 8.00. The van der Waals surface area contributed by atoms with Crippen LogP contribution in [0.1, 0.15) is 69.9 Å². The molecule has 0 amide bonds. The number of benzene rings is 2. The van der Waals surface area contributed by atoms with Gasteiger partial charge in [-0.15, -0.1) is 0 Å². The maximum Gasteiger partial charge on any atom is 0.303 e. The standard InChI is InChI=1S/C42H58N2O15S3/c1-41(19-11-29-60(47,48)49)34-30-32(61(50,51)52)16-18-37(34)44(22-24-58-27-28-59-26-25-57-4)38(41)12-7-5-8-13-39-42(2,20-23-56-3)35-31-33(62(53,54)55)15-17-36(35)43(39)21-10-6-9-14-40(45)46/h5,7-8,12-13,15-18,30-31H,6,9-11,14,19-29H2,1-4H3,(H3-,45,46,47,48,49,50,51,52,53,54,55). The van der Waals surface area contributed by atoms with Gasteiger partial charge in [0.05, 0.1) is 47.4 Å². The number of carboxylic acid groups (broad SMARTS) is 1. The maximum atomic E-state index is 12.3. The molecular weight excluding hydrogens is 869 g/mol. The monoisotopic (exact) mass is 926 g/mol. The van der Waals surface area contributed by atoms with E-state index in [4.69, 9.17) is 24.1 Å². The van der Waals surface area contributed by atoms with E-state index in [1.807, 2.05) is 35.5 Å². The van der Waals surface area contributed by atoms with E-state index in [0.29, 0.717) is 100 Å². The second kappa shape index (κ2) is 22.2. The Morgan fingerprint density at radius 3 is 2.08 bits per heavy atom. The van der Waals surface area contributed by atoms with Gasteiger partial charge in [0.25, 0.3) is 20.2 Å². The van der Waals surface area contributed by atoms with Crippen LogP contribution in [0.2, 0.25) is 0 Å². The molecule has 3 N–H and O–H groups in total. The number of unbranched alkanes of at least 4 members (excludes halogenated alkanes) is 2. The van der Waals surface area contributed by atoms with Crippen LogP contribution in [-0.4, -0.2) is 133 Å². The van der Waals surface area contributed by atoms with Crippen molar-refractivity contribution in [2.75, 3.05) is 77.6 Å². The van der Waals surface area contributed by atoms with Gasteiger partial charge in [-0.25, -0.2) is 8.42 Å². The highest BCUT2D eigenvalue weighted by Gasteiger charge is 2.48. The molecule has 344 valence electrons. The molecule has 0 spiro atoms. The molecule has 17 nitrogen and oxygen atoms in total. The molecule has 2 unspecified atom stereocenters. The lowest BCUT2D eigenvalue weighted by atomic mass is 9.76. The lowest BCUT2D eigenvalue weighted by Gasteiger charge is -2.30. The summed E-state index contributed by atoms with van der Waals surface area (Å²) in [4.78, 5) is 12.5. The van der Waals surface area contributed by atoms with Crippen LogP contribution in [0, 0.1) is 0 Å². The van der Waals surface area contributed by atoms with Gasteiger partial charge in [-0.2, -0.15) is 21.4 Å². The molecule has 0 aliphatic carbocycles. The fourth-order valence-corrected chi connectivity index (χ4v) is 9.51. The molecule has 2 aromatic carbocycles. The molecule has 0 radical (unpaired) electrons. The summed E-state index contributed by atoms with van der Waals surface area (Å²) >= 11 is 0. The summed E-state index contributed by atoms with van der Waals surface area (Å²) in [5, 5.41) is 9.14. The normalized spacial score (nSPS) is 20.0. The summed E-state index contributed by atoms with van der Waals surface area (Å²) in [6.45, 7) is 6.57. The molecular formula is C42H58N2O15S3. The molecule has 2 aliphatic heterocycles. The van der Waals surface area contributed by atoms with Gasteiger partial charge in [-0.3, -0.25) is 13.9 Å². The van der Waals surface area contributed by atoms with Gasteiger partial charge in [-0.05, 0) is 87.9 Å². The first-order valence-electron chi connectivity index (χ1n) is 20.2. The van der Waals surface area contributed by atoms with E-state index in [-0.39, 0.29) is 35.7 Å². The van der Waals surface area contributed by atoms with Crippen LogP contribution in [0.4, 0.5) is 11.4 Å². The molecule has 0 saturated carbocycles. The number of carbonyl (C=O) groups is 1. The topological polar surface area (TPSA) is 246 Å². The third-order valence-electron chi connectivity index (χ3n) is 11.2. The Morgan fingerprint density at radius 2 is 1.44 bits per heavy atom. The van der Waals surface area contributed by atoms with Crippen molar-refractivity contribution >= 4 is 53.4 Å². The molecule has 2 heterocycles. The van der Waals surface area contributed by atoms with E-state index in [1.54, 1.807) is 44.6 Å². The van der Waals surface area contributed by atoms with Crippen LogP contribution in [-0.2, 0) is 64.9 Å². The predicted octanol–water partition coefficient (Wildman–Crippen LogP) is 5.00. The molecule has 20 heteroatoms. The average Bonchev–Trinajstić information content (AvgIpc) is 3.56. The number of hydrogen-bond acceptors (Lipinski definition) is 13. The Morgan fingerprint density at radius 1 is 0.774 bits per heavy atom. The first kappa shape index (κ1) is 50.8. The van der Waals surface area contributed by atoms with E-state index in [0.717, 1.165) is 5.70 Å². The molecule has 4 rings (SSSR count). The van der Waals surface area contributed by atoms with Gasteiger partial charge in [0, 0.05) is 68.3 Å². The first-order valence-corrected chi connectivity index (χ1v) is 24.6. The number of rotatable bonds is 27. The van der Waals surface area contributed by atoms with Crippen molar-refractivity contribution < 1.29 is 72.3 Å². The average molecular weight is 927 g/mol. The van der Waals surface area contributed by atoms with E-state index in [9.17, 15) is 43.7 Å². The number of anilines is 1. The minimum absolute atomic E-state index is 0.0232. The SMILES string of the molecule is COCCOCCOCC[N+]1=C(/C=C/C=C/C=C2/N(CCCCCC(=O)O)c3ccc(S(=O)(=O)[O-])cc3C2(C)CCOC)C(C)(CCCS(=O)(=O)O)c2cc(S(=O)(=O)O)ccc21. The number of methoxy groups -OCH3 is 2.